The number of unbranched alkanes of at least 4 members (excludes halogenated alkanes) is 1. The van der Waals surface area contributed by atoms with E-state index in [0.717, 1.165) is 12.8 Å². The Bertz CT molecular complexity index is 583. The smallest absolute Gasteiger partial charge is 0.250 e. The molecule has 106 valence electrons. The Kier molecular flexibility index (Phi) is 4.81. The van der Waals surface area contributed by atoms with Gasteiger partial charge >= 0.3 is 0 Å². The van der Waals surface area contributed by atoms with Gasteiger partial charge in [-0.25, -0.2) is 4.39 Å². The van der Waals surface area contributed by atoms with Crippen LogP contribution >= 0.6 is 0 Å². The summed E-state index contributed by atoms with van der Waals surface area (Å²) >= 11 is 0. The van der Waals surface area contributed by atoms with Gasteiger partial charge in [0.15, 0.2) is 0 Å². The molecule has 2 rings (SSSR count). The Hall–Kier alpha value is -2.24. The fourth-order valence-electron chi connectivity index (χ4n) is 1.67. The predicted molar refractivity (Wildman–Crippen MR) is 71.1 cm³/mol. The lowest BCUT2D eigenvalue weighted by molar-refractivity contribution is -0.121. The van der Waals surface area contributed by atoms with E-state index in [9.17, 15) is 9.18 Å². The van der Waals surface area contributed by atoms with Crippen LogP contribution in [0.5, 0.6) is 0 Å². The average Bonchev–Trinajstić information content (AvgIpc) is 2.92. The summed E-state index contributed by atoms with van der Waals surface area (Å²) in [6.07, 6.45) is 2.28. The van der Waals surface area contributed by atoms with Gasteiger partial charge in [-0.1, -0.05) is 25.5 Å². The topological polar surface area (TPSA) is 68.0 Å². The molecule has 0 bridgehead atoms. The van der Waals surface area contributed by atoms with E-state index in [2.05, 4.69) is 15.5 Å². The van der Waals surface area contributed by atoms with Crippen molar-refractivity contribution in [3.63, 3.8) is 0 Å². The van der Waals surface area contributed by atoms with Gasteiger partial charge in [0.2, 0.25) is 11.8 Å². The first-order chi connectivity index (χ1) is 9.70. The van der Waals surface area contributed by atoms with Crippen molar-refractivity contribution in [1.29, 1.82) is 0 Å². The second-order valence-electron chi connectivity index (χ2n) is 4.36. The fourth-order valence-corrected chi connectivity index (χ4v) is 1.67. The first-order valence-electron chi connectivity index (χ1n) is 6.54. The van der Waals surface area contributed by atoms with Crippen molar-refractivity contribution in [2.45, 2.75) is 32.7 Å². The van der Waals surface area contributed by atoms with E-state index in [4.69, 9.17) is 4.42 Å². The Morgan fingerprint density at radius 2 is 2.15 bits per heavy atom. The molecule has 1 N–H and O–H groups in total. The maximum absolute atomic E-state index is 13.5. The molecule has 20 heavy (non-hydrogen) atoms. The van der Waals surface area contributed by atoms with Gasteiger partial charge in [-0.3, -0.25) is 4.79 Å². The Morgan fingerprint density at radius 3 is 2.90 bits per heavy atom. The average molecular weight is 277 g/mol. The monoisotopic (exact) mass is 277 g/mol. The summed E-state index contributed by atoms with van der Waals surface area (Å²) in [5.41, 5.74) is 0.253. The zero-order chi connectivity index (χ0) is 14.4. The SMILES string of the molecule is CCCCC(=O)NCc1nnc(-c2ccccc2F)o1. The molecule has 0 fully saturated rings. The van der Waals surface area contributed by atoms with Crippen LogP contribution in [0.25, 0.3) is 11.5 Å². The number of carbonyl (C=O) groups is 1. The van der Waals surface area contributed by atoms with Crippen molar-refractivity contribution in [3.05, 3.63) is 36.0 Å². The first kappa shape index (κ1) is 14.2. The normalized spacial score (nSPS) is 10.5. The number of benzene rings is 1. The maximum Gasteiger partial charge on any atom is 0.250 e. The molecule has 0 aliphatic carbocycles. The van der Waals surface area contributed by atoms with Crippen molar-refractivity contribution in [1.82, 2.24) is 15.5 Å². The lowest BCUT2D eigenvalue weighted by Gasteiger charge is -2.00. The number of hydrogen-bond donors (Lipinski definition) is 1. The molecule has 0 spiro atoms. The molecule has 0 aliphatic rings. The summed E-state index contributed by atoms with van der Waals surface area (Å²) in [7, 11) is 0. The van der Waals surface area contributed by atoms with E-state index in [1.54, 1.807) is 18.2 Å². The molecular formula is C14H16FN3O2. The molecule has 0 unspecified atom stereocenters. The molecule has 1 aromatic carbocycles. The minimum absolute atomic E-state index is 0.0579. The molecule has 1 amide bonds. The van der Waals surface area contributed by atoms with Gasteiger partial charge < -0.3 is 9.73 Å². The van der Waals surface area contributed by atoms with Crippen LogP contribution in [-0.4, -0.2) is 16.1 Å². The van der Waals surface area contributed by atoms with Crippen LogP contribution in [0.3, 0.4) is 0 Å². The second-order valence-corrected chi connectivity index (χ2v) is 4.36. The zero-order valence-electron chi connectivity index (χ0n) is 11.2. The van der Waals surface area contributed by atoms with E-state index < -0.39 is 5.82 Å². The quantitative estimate of drug-likeness (QED) is 0.881. The standard InChI is InChI=1S/C14H16FN3O2/c1-2-3-8-12(19)16-9-13-17-18-14(20-13)10-6-4-5-7-11(10)15/h4-7H,2-3,8-9H2,1H3,(H,16,19). The molecular weight excluding hydrogens is 261 g/mol. The van der Waals surface area contributed by atoms with Crippen molar-refractivity contribution >= 4 is 5.91 Å². The van der Waals surface area contributed by atoms with Crippen LogP contribution < -0.4 is 5.32 Å². The van der Waals surface area contributed by atoms with Crippen LogP contribution in [0, 0.1) is 5.82 Å². The minimum Gasteiger partial charge on any atom is -0.419 e. The summed E-state index contributed by atoms with van der Waals surface area (Å²) in [4.78, 5) is 11.4. The van der Waals surface area contributed by atoms with Gasteiger partial charge in [0, 0.05) is 6.42 Å². The third kappa shape index (κ3) is 3.63. The highest BCUT2D eigenvalue weighted by atomic mass is 19.1. The number of nitrogens with zero attached hydrogens (tertiary/aromatic N) is 2. The summed E-state index contributed by atoms with van der Waals surface area (Å²) in [5, 5.41) is 10.3. The molecule has 0 saturated carbocycles. The zero-order valence-corrected chi connectivity index (χ0v) is 11.2. The van der Waals surface area contributed by atoms with Crippen LogP contribution in [0.15, 0.2) is 28.7 Å². The van der Waals surface area contributed by atoms with E-state index in [-0.39, 0.29) is 29.8 Å². The number of carbonyl (C=O) groups excluding carboxylic acids is 1. The van der Waals surface area contributed by atoms with E-state index in [0.29, 0.717) is 6.42 Å². The largest absolute Gasteiger partial charge is 0.419 e. The molecule has 0 atom stereocenters. The first-order valence-corrected chi connectivity index (χ1v) is 6.54. The van der Waals surface area contributed by atoms with E-state index in [1.165, 1.54) is 6.07 Å². The van der Waals surface area contributed by atoms with E-state index in [1.807, 2.05) is 6.92 Å². The van der Waals surface area contributed by atoms with E-state index >= 15 is 0 Å². The van der Waals surface area contributed by atoms with Gasteiger partial charge in [0.05, 0.1) is 12.1 Å². The maximum atomic E-state index is 13.5. The molecule has 0 radical (unpaired) electrons. The van der Waals surface area contributed by atoms with Crippen LogP contribution in [0.2, 0.25) is 0 Å². The summed E-state index contributed by atoms with van der Waals surface area (Å²) < 4.78 is 18.9. The predicted octanol–water partition coefficient (Wildman–Crippen LogP) is 2.68. The van der Waals surface area contributed by atoms with Crippen LogP contribution in [-0.2, 0) is 11.3 Å². The number of hydrogen-bond acceptors (Lipinski definition) is 4. The summed E-state index contributed by atoms with van der Waals surface area (Å²) in [6, 6.07) is 6.16. The number of halogens is 1. The molecule has 1 aromatic heterocycles. The Balaban J connectivity index is 1.96. The lowest BCUT2D eigenvalue weighted by atomic mass is 10.2. The van der Waals surface area contributed by atoms with Crippen LogP contribution in [0.1, 0.15) is 32.1 Å². The summed E-state index contributed by atoms with van der Waals surface area (Å²) in [6.45, 7) is 2.18. The number of amides is 1. The number of rotatable bonds is 6. The Morgan fingerprint density at radius 1 is 1.35 bits per heavy atom. The molecule has 0 saturated heterocycles. The van der Waals surface area contributed by atoms with Gasteiger partial charge in [-0.2, -0.15) is 0 Å². The molecule has 5 nitrogen and oxygen atoms in total. The third-order valence-electron chi connectivity index (χ3n) is 2.77. The number of nitrogens with one attached hydrogen (secondary N) is 1. The summed E-state index contributed by atoms with van der Waals surface area (Å²) in [5.74, 6) is -0.110. The molecule has 6 heteroatoms. The van der Waals surface area contributed by atoms with Crippen molar-refractivity contribution in [2.24, 2.45) is 0 Å². The third-order valence-corrected chi connectivity index (χ3v) is 2.77. The van der Waals surface area contributed by atoms with Gasteiger partial charge in [0.25, 0.3) is 5.89 Å². The lowest BCUT2D eigenvalue weighted by Crippen LogP contribution is -2.22. The van der Waals surface area contributed by atoms with Crippen molar-refractivity contribution in [3.8, 4) is 11.5 Å². The number of aromatic nitrogens is 2. The van der Waals surface area contributed by atoms with Gasteiger partial charge in [-0.15, -0.1) is 10.2 Å². The fraction of sp³-hybridized carbons (Fsp3) is 0.357. The van der Waals surface area contributed by atoms with Gasteiger partial charge in [0.1, 0.15) is 5.82 Å². The highest BCUT2D eigenvalue weighted by molar-refractivity contribution is 5.75. The highest BCUT2D eigenvalue weighted by Crippen LogP contribution is 2.20. The highest BCUT2D eigenvalue weighted by Gasteiger charge is 2.12. The second kappa shape index (κ2) is 6.79. The van der Waals surface area contributed by atoms with Gasteiger partial charge in [-0.05, 0) is 18.6 Å². The molecule has 1 heterocycles. The van der Waals surface area contributed by atoms with Crippen molar-refractivity contribution in [2.75, 3.05) is 0 Å². The molecule has 0 aliphatic heterocycles. The molecule has 2 aromatic rings. The Labute approximate surface area is 116 Å². The van der Waals surface area contributed by atoms with Crippen molar-refractivity contribution < 1.29 is 13.6 Å². The van der Waals surface area contributed by atoms with Crippen LogP contribution in [0.4, 0.5) is 4.39 Å². The minimum atomic E-state index is -0.422.